The molecule has 1 heterocycles. The van der Waals surface area contributed by atoms with E-state index in [1.54, 1.807) is 12.1 Å². The minimum Gasteiger partial charge on any atom is -0.316 e. The Labute approximate surface area is 121 Å². The first-order valence-corrected chi connectivity index (χ1v) is 8.41. The summed E-state index contributed by atoms with van der Waals surface area (Å²) >= 11 is 0. The monoisotopic (exact) mass is 297 g/mol. The van der Waals surface area contributed by atoms with Gasteiger partial charge in [-0.2, -0.15) is 0 Å². The van der Waals surface area contributed by atoms with Gasteiger partial charge in [0.05, 0.1) is 4.90 Å². The molecule has 1 unspecified atom stereocenters. The summed E-state index contributed by atoms with van der Waals surface area (Å²) in [4.78, 5) is 2.56. The third-order valence-electron chi connectivity index (χ3n) is 3.67. The van der Waals surface area contributed by atoms with Crippen LogP contribution in [0.15, 0.2) is 29.2 Å². The first kappa shape index (κ1) is 15.4. The zero-order valence-corrected chi connectivity index (χ0v) is 12.9. The largest absolute Gasteiger partial charge is 0.316 e. The van der Waals surface area contributed by atoms with E-state index in [1.165, 1.54) is 0 Å². The van der Waals surface area contributed by atoms with Crippen molar-refractivity contribution in [1.82, 2.24) is 14.9 Å². The molecule has 112 valence electrons. The van der Waals surface area contributed by atoms with Crippen LogP contribution in [0.25, 0.3) is 0 Å². The summed E-state index contributed by atoms with van der Waals surface area (Å²) in [6, 6.07) is 7.01. The first-order valence-electron chi connectivity index (χ1n) is 6.93. The maximum absolute atomic E-state index is 12.2. The predicted molar refractivity (Wildman–Crippen MR) is 80.0 cm³/mol. The summed E-state index contributed by atoms with van der Waals surface area (Å²) in [5.74, 6) is 0.415. The molecule has 1 saturated heterocycles. The fourth-order valence-corrected chi connectivity index (χ4v) is 3.61. The quantitative estimate of drug-likeness (QED) is 0.809. The van der Waals surface area contributed by atoms with E-state index >= 15 is 0 Å². The number of likely N-dealkylation sites (tertiary alicyclic amines) is 1. The number of hydrogen-bond acceptors (Lipinski definition) is 4. The van der Waals surface area contributed by atoms with Gasteiger partial charge in [0.15, 0.2) is 0 Å². The van der Waals surface area contributed by atoms with Crippen molar-refractivity contribution in [2.24, 2.45) is 5.92 Å². The van der Waals surface area contributed by atoms with Crippen molar-refractivity contribution >= 4 is 10.0 Å². The first-order chi connectivity index (χ1) is 9.51. The second-order valence-corrected chi connectivity index (χ2v) is 7.21. The predicted octanol–water partition coefficient (Wildman–Crippen LogP) is 0.636. The maximum atomic E-state index is 12.2. The molecule has 1 fully saturated rings. The van der Waals surface area contributed by atoms with E-state index in [0.29, 0.717) is 17.4 Å². The third kappa shape index (κ3) is 4.02. The lowest BCUT2D eigenvalue weighted by Crippen LogP contribution is -2.30. The molecule has 0 amide bonds. The van der Waals surface area contributed by atoms with Gasteiger partial charge in [0, 0.05) is 19.6 Å². The van der Waals surface area contributed by atoms with E-state index in [-0.39, 0.29) is 0 Å². The molecule has 5 nitrogen and oxygen atoms in total. The van der Waals surface area contributed by atoms with Gasteiger partial charge in [-0.1, -0.05) is 12.1 Å². The molecule has 1 aromatic rings. The van der Waals surface area contributed by atoms with Gasteiger partial charge in [-0.05, 0) is 50.7 Å². The Morgan fingerprint density at radius 1 is 1.30 bits per heavy atom. The van der Waals surface area contributed by atoms with Crippen LogP contribution in [-0.2, 0) is 16.6 Å². The molecular weight excluding hydrogens is 274 g/mol. The SMILES string of the molecule is CNCc1ccc(S(=O)(=O)NCC2CCN(C)C2)cc1. The van der Waals surface area contributed by atoms with Gasteiger partial charge in [0.1, 0.15) is 0 Å². The zero-order valence-electron chi connectivity index (χ0n) is 12.1. The minimum atomic E-state index is -3.39. The highest BCUT2D eigenvalue weighted by Crippen LogP contribution is 2.15. The molecule has 2 N–H and O–H groups in total. The van der Waals surface area contributed by atoms with Crippen LogP contribution in [0.5, 0.6) is 0 Å². The Bertz CT molecular complexity index is 528. The average molecular weight is 297 g/mol. The Kier molecular flexibility index (Phi) is 5.15. The van der Waals surface area contributed by atoms with Crippen LogP contribution in [0.2, 0.25) is 0 Å². The maximum Gasteiger partial charge on any atom is 0.240 e. The molecule has 0 bridgehead atoms. The van der Waals surface area contributed by atoms with Gasteiger partial charge in [-0.25, -0.2) is 13.1 Å². The van der Waals surface area contributed by atoms with Crippen LogP contribution in [0.3, 0.4) is 0 Å². The van der Waals surface area contributed by atoms with Gasteiger partial charge >= 0.3 is 0 Å². The number of rotatable bonds is 6. The van der Waals surface area contributed by atoms with E-state index < -0.39 is 10.0 Å². The molecule has 2 rings (SSSR count). The van der Waals surface area contributed by atoms with Crippen molar-refractivity contribution in [2.75, 3.05) is 33.7 Å². The normalized spacial score (nSPS) is 20.4. The van der Waals surface area contributed by atoms with Crippen LogP contribution < -0.4 is 10.0 Å². The summed E-state index contributed by atoms with van der Waals surface area (Å²) in [5, 5.41) is 3.04. The highest BCUT2D eigenvalue weighted by Gasteiger charge is 2.22. The summed E-state index contributed by atoms with van der Waals surface area (Å²) in [6.07, 6.45) is 1.06. The van der Waals surface area contributed by atoms with Crippen molar-refractivity contribution < 1.29 is 8.42 Å². The standard InChI is InChI=1S/C14H23N3O2S/c1-15-9-12-3-5-14(6-4-12)20(18,19)16-10-13-7-8-17(2)11-13/h3-6,13,15-16H,7-11H2,1-2H3. The fraction of sp³-hybridized carbons (Fsp3) is 0.571. The fourth-order valence-electron chi connectivity index (χ4n) is 2.49. The highest BCUT2D eigenvalue weighted by atomic mass is 32.2. The van der Waals surface area contributed by atoms with E-state index in [1.807, 2.05) is 19.2 Å². The summed E-state index contributed by atoms with van der Waals surface area (Å²) in [6.45, 7) is 3.27. The molecule has 0 aliphatic carbocycles. The number of benzene rings is 1. The molecule has 1 aliphatic rings. The lowest BCUT2D eigenvalue weighted by atomic mass is 10.1. The summed E-state index contributed by atoms with van der Waals surface area (Å²) in [7, 11) is 0.545. The Hall–Kier alpha value is -0.950. The van der Waals surface area contributed by atoms with Crippen molar-refractivity contribution in [3.8, 4) is 0 Å². The molecule has 0 radical (unpaired) electrons. The number of nitrogens with one attached hydrogen (secondary N) is 2. The molecule has 0 saturated carbocycles. The zero-order chi connectivity index (χ0) is 14.6. The van der Waals surface area contributed by atoms with Crippen molar-refractivity contribution in [3.05, 3.63) is 29.8 Å². The van der Waals surface area contributed by atoms with Crippen LogP contribution in [-0.4, -0.2) is 47.0 Å². The molecule has 20 heavy (non-hydrogen) atoms. The Balaban J connectivity index is 1.95. The van der Waals surface area contributed by atoms with Gasteiger partial charge in [0.25, 0.3) is 0 Å². The highest BCUT2D eigenvalue weighted by molar-refractivity contribution is 7.89. The summed E-state index contributed by atoms with van der Waals surface area (Å²) in [5.41, 5.74) is 1.07. The van der Waals surface area contributed by atoms with Crippen LogP contribution in [0, 0.1) is 5.92 Å². The molecule has 1 aliphatic heterocycles. The van der Waals surface area contributed by atoms with E-state index in [0.717, 1.165) is 31.6 Å². The molecule has 0 spiro atoms. The smallest absolute Gasteiger partial charge is 0.240 e. The molecule has 6 heteroatoms. The Morgan fingerprint density at radius 3 is 2.55 bits per heavy atom. The Morgan fingerprint density at radius 2 is 2.00 bits per heavy atom. The minimum absolute atomic E-state index is 0.337. The molecule has 1 aromatic carbocycles. The number of nitrogens with zero attached hydrogens (tertiary/aromatic N) is 1. The van der Waals surface area contributed by atoms with Crippen LogP contribution in [0.4, 0.5) is 0 Å². The van der Waals surface area contributed by atoms with Gasteiger partial charge < -0.3 is 10.2 Å². The number of sulfonamides is 1. The van der Waals surface area contributed by atoms with E-state index in [4.69, 9.17) is 0 Å². The molecule has 1 atom stereocenters. The second kappa shape index (κ2) is 6.67. The molecular formula is C14H23N3O2S. The van der Waals surface area contributed by atoms with Crippen molar-refractivity contribution in [1.29, 1.82) is 0 Å². The van der Waals surface area contributed by atoms with Crippen LogP contribution >= 0.6 is 0 Å². The van der Waals surface area contributed by atoms with Crippen molar-refractivity contribution in [2.45, 2.75) is 17.9 Å². The lowest BCUT2D eigenvalue weighted by Gasteiger charge is -2.12. The van der Waals surface area contributed by atoms with E-state index in [2.05, 4.69) is 22.0 Å². The summed E-state index contributed by atoms with van der Waals surface area (Å²) < 4.78 is 27.1. The van der Waals surface area contributed by atoms with E-state index in [9.17, 15) is 8.42 Å². The third-order valence-corrected chi connectivity index (χ3v) is 5.10. The van der Waals surface area contributed by atoms with Gasteiger partial charge in [0.2, 0.25) is 10.0 Å². The van der Waals surface area contributed by atoms with Crippen molar-refractivity contribution in [3.63, 3.8) is 0 Å². The number of hydrogen-bond donors (Lipinski definition) is 2. The van der Waals surface area contributed by atoms with Crippen LogP contribution in [0.1, 0.15) is 12.0 Å². The average Bonchev–Trinajstić information content (AvgIpc) is 2.84. The molecule has 0 aromatic heterocycles. The van der Waals surface area contributed by atoms with Gasteiger partial charge in [-0.3, -0.25) is 0 Å². The van der Waals surface area contributed by atoms with Gasteiger partial charge in [-0.15, -0.1) is 0 Å². The second-order valence-electron chi connectivity index (χ2n) is 5.44. The lowest BCUT2D eigenvalue weighted by molar-refractivity contribution is 0.394. The topological polar surface area (TPSA) is 61.4 Å².